The van der Waals surface area contributed by atoms with E-state index in [2.05, 4.69) is 46.1 Å². The average molecular weight is 321 g/mol. The quantitative estimate of drug-likeness (QED) is 0.801. The van der Waals surface area contributed by atoms with Gasteiger partial charge in [0.1, 0.15) is 0 Å². The molecule has 1 amide bonds. The van der Waals surface area contributed by atoms with Gasteiger partial charge in [0, 0.05) is 28.3 Å². The summed E-state index contributed by atoms with van der Waals surface area (Å²) >= 11 is 3.16. The number of anilines is 1. The van der Waals surface area contributed by atoms with Crippen molar-refractivity contribution in [3.63, 3.8) is 0 Å². The molecular weight excluding hydrogens is 302 g/mol. The number of thioether (sulfide) groups is 1. The molecule has 2 N–H and O–H groups in total. The molecule has 6 heteroatoms. The maximum Gasteiger partial charge on any atom is 0.230 e. The highest BCUT2D eigenvalue weighted by molar-refractivity contribution is 7.98. The molecule has 0 fully saturated rings. The zero-order chi connectivity index (χ0) is 15.2. The van der Waals surface area contributed by atoms with Crippen LogP contribution in [0.4, 0.5) is 5.13 Å². The van der Waals surface area contributed by atoms with Crippen molar-refractivity contribution in [2.75, 3.05) is 25.2 Å². The molecule has 0 spiro atoms. The summed E-state index contributed by atoms with van der Waals surface area (Å²) in [4.78, 5) is 17.6. The van der Waals surface area contributed by atoms with Gasteiger partial charge in [-0.1, -0.05) is 19.1 Å². The van der Waals surface area contributed by atoms with Gasteiger partial charge in [-0.15, -0.1) is 23.1 Å². The van der Waals surface area contributed by atoms with Crippen LogP contribution in [-0.2, 0) is 4.79 Å². The second-order valence-corrected chi connectivity index (χ2v) is 6.45. The van der Waals surface area contributed by atoms with Crippen LogP contribution < -0.4 is 10.6 Å². The molecule has 0 saturated heterocycles. The van der Waals surface area contributed by atoms with Crippen molar-refractivity contribution in [1.29, 1.82) is 0 Å². The largest absolute Gasteiger partial charge is 0.319 e. The van der Waals surface area contributed by atoms with E-state index in [-0.39, 0.29) is 11.8 Å². The van der Waals surface area contributed by atoms with Gasteiger partial charge in [0.25, 0.3) is 0 Å². The number of nitrogens with one attached hydrogen (secondary N) is 2. The summed E-state index contributed by atoms with van der Waals surface area (Å²) in [5.74, 6) is -0.0915. The molecule has 1 aromatic heterocycles. The van der Waals surface area contributed by atoms with Crippen LogP contribution in [0.2, 0.25) is 0 Å². The molecule has 2 rings (SSSR count). The Morgan fingerprint density at radius 2 is 2.10 bits per heavy atom. The van der Waals surface area contributed by atoms with Crippen LogP contribution in [0, 0.1) is 5.92 Å². The number of aromatic nitrogens is 1. The summed E-state index contributed by atoms with van der Waals surface area (Å²) in [7, 11) is 1.84. The Balaban J connectivity index is 2.05. The summed E-state index contributed by atoms with van der Waals surface area (Å²) in [5, 5.41) is 8.47. The van der Waals surface area contributed by atoms with Crippen molar-refractivity contribution in [2.45, 2.75) is 11.8 Å². The van der Waals surface area contributed by atoms with Crippen molar-refractivity contribution < 1.29 is 4.79 Å². The lowest BCUT2D eigenvalue weighted by molar-refractivity contribution is -0.119. The third-order valence-electron chi connectivity index (χ3n) is 3.08. The molecule has 0 aliphatic rings. The SMILES string of the molecule is CNCC(C)C(=O)Nc1nc(-c2ccc(SC)cc2)cs1. The number of hydrogen-bond acceptors (Lipinski definition) is 5. The topological polar surface area (TPSA) is 54.0 Å². The summed E-state index contributed by atoms with van der Waals surface area (Å²) in [6, 6.07) is 8.26. The highest BCUT2D eigenvalue weighted by Gasteiger charge is 2.14. The molecule has 4 nitrogen and oxygen atoms in total. The van der Waals surface area contributed by atoms with Crippen LogP contribution in [0.3, 0.4) is 0 Å². The first kappa shape index (κ1) is 16.0. The van der Waals surface area contributed by atoms with Gasteiger partial charge in [0.05, 0.1) is 5.69 Å². The number of carbonyl (C=O) groups is 1. The molecule has 21 heavy (non-hydrogen) atoms. The fourth-order valence-corrected chi connectivity index (χ4v) is 2.98. The second kappa shape index (κ2) is 7.59. The lowest BCUT2D eigenvalue weighted by Gasteiger charge is -2.09. The van der Waals surface area contributed by atoms with Crippen molar-refractivity contribution in [2.24, 2.45) is 5.92 Å². The molecule has 0 aliphatic carbocycles. The normalized spacial score (nSPS) is 12.1. The molecule has 1 atom stereocenters. The minimum Gasteiger partial charge on any atom is -0.319 e. The number of benzene rings is 1. The van der Waals surface area contributed by atoms with Crippen LogP contribution in [0.1, 0.15) is 6.92 Å². The maximum absolute atomic E-state index is 11.9. The van der Waals surface area contributed by atoms with Gasteiger partial charge in [0.2, 0.25) is 5.91 Å². The zero-order valence-corrected chi connectivity index (χ0v) is 14.0. The fourth-order valence-electron chi connectivity index (χ4n) is 1.85. The van der Waals surface area contributed by atoms with E-state index in [0.29, 0.717) is 11.7 Å². The Bertz CT molecular complexity index is 595. The third-order valence-corrected chi connectivity index (χ3v) is 4.58. The standard InChI is InChI=1S/C15H19N3OS2/c1-10(8-16-2)14(19)18-15-17-13(9-21-15)11-4-6-12(20-3)7-5-11/h4-7,9-10,16H,8H2,1-3H3,(H,17,18,19). The second-order valence-electron chi connectivity index (χ2n) is 4.71. The first-order valence-electron chi connectivity index (χ1n) is 6.69. The van der Waals surface area contributed by atoms with Gasteiger partial charge in [-0.25, -0.2) is 4.98 Å². The number of rotatable bonds is 6. The van der Waals surface area contributed by atoms with E-state index >= 15 is 0 Å². The van der Waals surface area contributed by atoms with Crippen LogP contribution in [0.25, 0.3) is 11.3 Å². The summed E-state index contributed by atoms with van der Waals surface area (Å²) < 4.78 is 0. The minimum atomic E-state index is -0.0804. The van der Waals surface area contributed by atoms with Gasteiger partial charge in [-0.3, -0.25) is 4.79 Å². The van der Waals surface area contributed by atoms with Gasteiger partial charge >= 0.3 is 0 Å². The Morgan fingerprint density at radius 3 is 2.71 bits per heavy atom. The number of carbonyl (C=O) groups excluding carboxylic acids is 1. The third kappa shape index (κ3) is 4.30. The van der Waals surface area contributed by atoms with E-state index in [1.807, 2.05) is 19.4 Å². The predicted octanol–water partition coefficient (Wildman–Crippen LogP) is 3.33. The predicted molar refractivity (Wildman–Crippen MR) is 91.1 cm³/mol. The molecule has 0 aliphatic heterocycles. The molecular formula is C15H19N3OS2. The highest BCUT2D eigenvalue weighted by Crippen LogP contribution is 2.26. The Hall–Kier alpha value is -1.37. The fraction of sp³-hybridized carbons (Fsp3) is 0.333. The molecule has 2 aromatic rings. The minimum absolute atomic E-state index is 0.0111. The smallest absolute Gasteiger partial charge is 0.230 e. The maximum atomic E-state index is 11.9. The van der Waals surface area contributed by atoms with E-state index in [0.717, 1.165) is 11.3 Å². The molecule has 0 saturated carbocycles. The molecule has 0 bridgehead atoms. The molecule has 1 aromatic carbocycles. The first-order chi connectivity index (χ1) is 10.1. The monoisotopic (exact) mass is 321 g/mol. The average Bonchev–Trinajstić information content (AvgIpc) is 2.96. The van der Waals surface area contributed by atoms with E-state index in [9.17, 15) is 4.79 Å². The van der Waals surface area contributed by atoms with E-state index in [1.165, 1.54) is 16.2 Å². The summed E-state index contributed by atoms with van der Waals surface area (Å²) in [6.07, 6.45) is 2.05. The Kier molecular flexibility index (Phi) is 5.78. The van der Waals surface area contributed by atoms with Crippen LogP contribution >= 0.6 is 23.1 Å². The van der Waals surface area contributed by atoms with E-state index in [4.69, 9.17) is 0 Å². The number of nitrogens with zero attached hydrogens (tertiary/aromatic N) is 1. The molecule has 1 unspecified atom stereocenters. The van der Waals surface area contributed by atoms with Crippen molar-refractivity contribution >= 4 is 34.1 Å². The molecule has 112 valence electrons. The number of amides is 1. The van der Waals surface area contributed by atoms with Gasteiger partial charge in [0.15, 0.2) is 5.13 Å². The van der Waals surface area contributed by atoms with Gasteiger partial charge in [-0.2, -0.15) is 0 Å². The van der Waals surface area contributed by atoms with Crippen molar-refractivity contribution in [1.82, 2.24) is 10.3 Å². The molecule has 0 radical (unpaired) electrons. The van der Waals surface area contributed by atoms with Crippen LogP contribution in [0.5, 0.6) is 0 Å². The lowest BCUT2D eigenvalue weighted by Crippen LogP contribution is -2.28. The van der Waals surface area contributed by atoms with Gasteiger partial charge in [-0.05, 0) is 25.4 Å². The van der Waals surface area contributed by atoms with Gasteiger partial charge < -0.3 is 10.6 Å². The van der Waals surface area contributed by atoms with Crippen LogP contribution in [-0.4, -0.2) is 30.7 Å². The van der Waals surface area contributed by atoms with E-state index in [1.54, 1.807) is 11.8 Å². The summed E-state index contributed by atoms with van der Waals surface area (Å²) in [5.41, 5.74) is 1.96. The lowest BCUT2D eigenvalue weighted by atomic mass is 10.1. The summed E-state index contributed by atoms with van der Waals surface area (Å²) in [6.45, 7) is 2.54. The van der Waals surface area contributed by atoms with Crippen molar-refractivity contribution in [3.05, 3.63) is 29.6 Å². The zero-order valence-electron chi connectivity index (χ0n) is 12.3. The Labute approximate surface area is 133 Å². The highest BCUT2D eigenvalue weighted by atomic mass is 32.2. The van der Waals surface area contributed by atoms with E-state index < -0.39 is 0 Å². The first-order valence-corrected chi connectivity index (χ1v) is 8.80. The molecule has 1 heterocycles. The number of thiazole rings is 1. The van der Waals surface area contributed by atoms with Crippen molar-refractivity contribution in [3.8, 4) is 11.3 Å². The Morgan fingerprint density at radius 1 is 1.38 bits per heavy atom. The van der Waals surface area contributed by atoms with Crippen LogP contribution in [0.15, 0.2) is 34.5 Å². The number of hydrogen-bond donors (Lipinski definition) is 2.